The second-order valence-corrected chi connectivity index (χ2v) is 9.90. The maximum Gasteiger partial charge on any atom is 0.338 e. The molecule has 1 unspecified atom stereocenters. The Balaban J connectivity index is 1.65. The number of hydrogen-bond donors (Lipinski definition) is 1. The molecule has 34 heavy (non-hydrogen) atoms. The molecule has 1 saturated heterocycles. The van der Waals surface area contributed by atoms with Gasteiger partial charge in [-0.3, -0.25) is 9.59 Å². The quantitative estimate of drug-likeness (QED) is 0.595. The molecule has 0 bridgehead atoms. The number of nitrogens with zero attached hydrogens (tertiary/aromatic N) is 2. The smallest absolute Gasteiger partial charge is 0.338 e. The van der Waals surface area contributed by atoms with Crippen LogP contribution in [0.15, 0.2) is 53.4 Å². The number of sulfonamides is 1. The second kappa shape index (κ2) is 10.8. The predicted octanol–water partition coefficient (Wildman–Crippen LogP) is 1.71. The normalized spacial score (nSPS) is 15.0. The number of nitrogens with one attached hydrogen (secondary N) is 1. The Hall–Kier alpha value is -3.24. The zero-order valence-corrected chi connectivity index (χ0v) is 20.3. The van der Waals surface area contributed by atoms with Crippen molar-refractivity contribution < 1.29 is 27.5 Å². The third-order valence-corrected chi connectivity index (χ3v) is 7.23. The van der Waals surface area contributed by atoms with Crippen LogP contribution in [-0.2, 0) is 30.9 Å². The van der Waals surface area contributed by atoms with E-state index in [4.69, 9.17) is 4.74 Å². The zero-order valence-electron chi connectivity index (χ0n) is 19.5. The monoisotopic (exact) mass is 487 g/mol. The van der Waals surface area contributed by atoms with Crippen LogP contribution in [0.25, 0.3) is 0 Å². The van der Waals surface area contributed by atoms with Crippen molar-refractivity contribution in [3.05, 3.63) is 65.2 Å². The molecular formula is C24H29N3O6S. The van der Waals surface area contributed by atoms with Gasteiger partial charge >= 0.3 is 5.97 Å². The fourth-order valence-electron chi connectivity index (χ4n) is 3.65. The number of ether oxygens (including phenoxy) is 1. The summed E-state index contributed by atoms with van der Waals surface area (Å²) in [6.45, 7) is 6.28. The van der Waals surface area contributed by atoms with Crippen LogP contribution in [0.5, 0.6) is 0 Å². The summed E-state index contributed by atoms with van der Waals surface area (Å²) in [5.74, 6) is -1.20. The first-order valence-corrected chi connectivity index (χ1v) is 12.5. The number of rotatable bonds is 7. The molecule has 1 aliphatic heterocycles. The molecule has 0 radical (unpaired) electrons. The van der Waals surface area contributed by atoms with Crippen molar-refractivity contribution in [3.8, 4) is 0 Å². The van der Waals surface area contributed by atoms with Gasteiger partial charge in [-0.25, -0.2) is 17.9 Å². The Bertz CT molecular complexity index is 1160. The minimum atomic E-state index is -3.88. The van der Waals surface area contributed by atoms with Gasteiger partial charge in [0, 0.05) is 39.6 Å². The average molecular weight is 488 g/mol. The van der Waals surface area contributed by atoms with Gasteiger partial charge in [-0.05, 0) is 37.1 Å². The molecule has 0 aromatic heterocycles. The van der Waals surface area contributed by atoms with Crippen molar-refractivity contribution in [3.63, 3.8) is 0 Å². The van der Waals surface area contributed by atoms with Gasteiger partial charge in [-0.1, -0.05) is 36.4 Å². The number of amides is 2. The number of esters is 1. The number of hydrogen-bond acceptors (Lipinski definition) is 6. The summed E-state index contributed by atoms with van der Waals surface area (Å²) in [7, 11) is -3.88. The minimum absolute atomic E-state index is 0.0304. The van der Waals surface area contributed by atoms with Gasteiger partial charge in [0.15, 0.2) is 6.10 Å². The van der Waals surface area contributed by atoms with Gasteiger partial charge in [-0.2, -0.15) is 0 Å². The van der Waals surface area contributed by atoms with Gasteiger partial charge < -0.3 is 14.5 Å². The van der Waals surface area contributed by atoms with Crippen LogP contribution >= 0.6 is 0 Å². The van der Waals surface area contributed by atoms with Crippen molar-refractivity contribution in [1.82, 2.24) is 14.5 Å². The standard InChI is InChI=1S/C24H29N3O6S/c1-17-9-10-21(15-22(17)34(31,32)25-16-20-7-5-4-6-8-20)24(30)33-18(2)23(29)27-13-11-26(12-14-27)19(3)28/h4-10,15,18,25H,11-14,16H2,1-3H3. The fourth-order valence-corrected chi connectivity index (χ4v) is 4.93. The van der Waals surface area contributed by atoms with E-state index in [0.29, 0.717) is 31.7 Å². The highest BCUT2D eigenvalue weighted by molar-refractivity contribution is 7.89. The van der Waals surface area contributed by atoms with Gasteiger partial charge in [0.2, 0.25) is 15.9 Å². The molecule has 9 nitrogen and oxygen atoms in total. The summed E-state index contributed by atoms with van der Waals surface area (Å²) in [4.78, 5) is 40.0. The number of piperazine rings is 1. The topological polar surface area (TPSA) is 113 Å². The van der Waals surface area contributed by atoms with Crippen LogP contribution in [-0.4, -0.2) is 68.3 Å². The predicted molar refractivity (Wildman–Crippen MR) is 125 cm³/mol. The van der Waals surface area contributed by atoms with Crippen molar-refractivity contribution in [2.45, 2.75) is 38.3 Å². The number of aryl methyl sites for hydroxylation is 1. The lowest BCUT2D eigenvalue weighted by molar-refractivity contribution is -0.144. The average Bonchev–Trinajstić information content (AvgIpc) is 2.83. The van der Waals surface area contributed by atoms with Crippen LogP contribution in [0, 0.1) is 6.92 Å². The van der Waals surface area contributed by atoms with Gasteiger partial charge in [0.25, 0.3) is 5.91 Å². The molecule has 0 saturated carbocycles. The summed E-state index contributed by atoms with van der Waals surface area (Å²) in [6, 6.07) is 13.3. The lowest BCUT2D eigenvalue weighted by atomic mass is 10.1. The van der Waals surface area contributed by atoms with Gasteiger partial charge in [0.1, 0.15) is 0 Å². The first-order valence-electron chi connectivity index (χ1n) is 11.0. The Morgan fingerprint density at radius 3 is 2.24 bits per heavy atom. The van der Waals surface area contributed by atoms with E-state index in [1.165, 1.54) is 32.0 Å². The summed E-state index contributed by atoms with van der Waals surface area (Å²) >= 11 is 0. The van der Waals surface area contributed by atoms with Crippen molar-refractivity contribution in [2.24, 2.45) is 0 Å². The molecule has 1 heterocycles. The van der Waals surface area contributed by atoms with E-state index in [1.54, 1.807) is 16.7 Å². The third-order valence-electron chi connectivity index (χ3n) is 5.69. The lowest BCUT2D eigenvalue weighted by Gasteiger charge is -2.35. The van der Waals surface area contributed by atoms with E-state index in [9.17, 15) is 22.8 Å². The van der Waals surface area contributed by atoms with Crippen LogP contribution in [0.4, 0.5) is 0 Å². The first-order chi connectivity index (χ1) is 16.1. The number of carbonyl (C=O) groups excluding carboxylic acids is 3. The molecular weight excluding hydrogens is 458 g/mol. The number of carbonyl (C=O) groups is 3. The molecule has 1 atom stereocenters. The van der Waals surface area contributed by atoms with Crippen molar-refractivity contribution in [2.75, 3.05) is 26.2 Å². The summed E-state index contributed by atoms with van der Waals surface area (Å²) < 4.78 is 33.6. The molecule has 1 aliphatic rings. The molecule has 0 aliphatic carbocycles. The molecule has 182 valence electrons. The largest absolute Gasteiger partial charge is 0.449 e. The maximum absolute atomic E-state index is 12.9. The lowest BCUT2D eigenvalue weighted by Crippen LogP contribution is -2.52. The molecule has 3 rings (SSSR count). The highest BCUT2D eigenvalue weighted by Crippen LogP contribution is 2.19. The van der Waals surface area contributed by atoms with E-state index < -0.39 is 22.1 Å². The highest BCUT2D eigenvalue weighted by atomic mass is 32.2. The summed E-state index contributed by atoms with van der Waals surface area (Å²) in [5.41, 5.74) is 1.31. The molecule has 1 fully saturated rings. The Morgan fingerprint density at radius 1 is 1.00 bits per heavy atom. The molecule has 10 heteroatoms. The highest BCUT2D eigenvalue weighted by Gasteiger charge is 2.28. The van der Waals surface area contributed by atoms with E-state index in [2.05, 4.69) is 4.72 Å². The molecule has 0 spiro atoms. The zero-order chi connectivity index (χ0) is 24.9. The van der Waals surface area contributed by atoms with Gasteiger partial charge in [-0.15, -0.1) is 0 Å². The van der Waals surface area contributed by atoms with Gasteiger partial charge in [0.05, 0.1) is 10.5 Å². The van der Waals surface area contributed by atoms with E-state index in [1.807, 2.05) is 30.3 Å². The molecule has 2 aromatic rings. The SMILES string of the molecule is CC(=O)N1CCN(C(=O)C(C)OC(=O)c2ccc(C)c(S(=O)(=O)NCc3ccccc3)c2)CC1. The summed E-state index contributed by atoms with van der Waals surface area (Å²) in [6.07, 6.45) is -1.05. The second-order valence-electron chi connectivity index (χ2n) is 8.17. The fraction of sp³-hybridized carbons (Fsp3) is 0.375. The van der Waals surface area contributed by atoms with E-state index in [-0.39, 0.29) is 28.8 Å². The third kappa shape index (κ3) is 6.21. The maximum atomic E-state index is 12.9. The summed E-state index contributed by atoms with van der Waals surface area (Å²) in [5, 5.41) is 0. The first kappa shape index (κ1) is 25.4. The van der Waals surface area contributed by atoms with Crippen LogP contribution in [0.2, 0.25) is 0 Å². The van der Waals surface area contributed by atoms with E-state index >= 15 is 0 Å². The molecule has 2 aromatic carbocycles. The number of benzene rings is 2. The van der Waals surface area contributed by atoms with Crippen molar-refractivity contribution in [1.29, 1.82) is 0 Å². The molecule has 1 N–H and O–H groups in total. The molecule has 2 amide bonds. The van der Waals surface area contributed by atoms with Crippen molar-refractivity contribution >= 4 is 27.8 Å². The van der Waals surface area contributed by atoms with E-state index in [0.717, 1.165) is 5.56 Å². The van der Waals surface area contributed by atoms with Crippen LogP contribution < -0.4 is 4.72 Å². The Labute approximate surface area is 199 Å². The Morgan fingerprint density at radius 2 is 1.62 bits per heavy atom. The van der Waals surface area contributed by atoms with Crippen LogP contribution in [0.1, 0.15) is 35.3 Å². The van der Waals surface area contributed by atoms with Crippen LogP contribution in [0.3, 0.4) is 0 Å². The minimum Gasteiger partial charge on any atom is -0.449 e. The Kier molecular flexibility index (Phi) is 8.06.